The number of nitrogens with zero attached hydrogens (tertiary/aromatic N) is 5. The van der Waals surface area contributed by atoms with Crippen molar-refractivity contribution >= 4 is 91.3 Å². The zero-order valence-electron chi connectivity index (χ0n) is 36.7. The summed E-state index contributed by atoms with van der Waals surface area (Å²) >= 11 is 0. The van der Waals surface area contributed by atoms with Crippen LogP contribution in [0.3, 0.4) is 0 Å². The summed E-state index contributed by atoms with van der Waals surface area (Å²) in [6.45, 7) is 4.59. The molecule has 0 spiro atoms. The molecule has 1 fully saturated rings. The summed E-state index contributed by atoms with van der Waals surface area (Å²) in [5.41, 5.74) is 18.7. The predicted octanol–water partition coefficient (Wildman–Crippen LogP) is 13.0. The van der Waals surface area contributed by atoms with Crippen LogP contribution in [-0.4, -0.2) is 18.4 Å². The summed E-state index contributed by atoms with van der Waals surface area (Å²) in [6.07, 6.45) is 4.88. The van der Waals surface area contributed by atoms with Crippen molar-refractivity contribution in [3.63, 3.8) is 0 Å². The Labute approximate surface area is 372 Å². The Hall–Kier alpha value is -7.18. The Morgan fingerprint density at radius 1 is 0.460 bits per heavy atom. The highest BCUT2D eigenvalue weighted by molar-refractivity contribution is 7.00. The molecule has 0 saturated heterocycles. The van der Waals surface area contributed by atoms with Crippen molar-refractivity contribution in [3.05, 3.63) is 200 Å². The molecule has 0 aromatic heterocycles. The molecule has 304 valence electrons. The van der Waals surface area contributed by atoms with Crippen LogP contribution in [0.15, 0.2) is 194 Å². The Morgan fingerprint density at radius 3 is 1.44 bits per heavy atom. The van der Waals surface area contributed by atoms with Crippen LogP contribution >= 0.6 is 0 Å². The van der Waals surface area contributed by atoms with Crippen molar-refractivity contribution < 1.29 is 1.37 Å². The first-order chi connectivity index (χ1) is 31.5. The second kappa shape index (κ2) is 13.9. The lowest BCUT2D eigenvalue weighted by atomic mass is 9.33. The van der Waals surface area contributed by atoms with E-state index < -0.39 is 5.66 Å². The first kappa shape index (κ1) is 35.4. The van der Waals surface area contributed by atoms with Gasteiger partial charge in [-0.1, -0.05) is 116 Å². The van der Waals surface area contributed by atoms with E-state index in [1.54, 1.807) is 0 Å². The summed E-state index contributed by atoms with van der Waals surface area (Å²) in [4.78, 5) is 12.6. The van der Waals surface area contributed by atoms with Crippen LogP contribution in [0.4, 0.5) is 68.2 Å². The number of benzene rings is 8. The third-order valence-electron chi connectivity index (χ3n) is 14.6. The molecule has 0 amide bonds. The minimum atomic E-state index is -0.453. The lowest BCUT2D eigenvalue weighted by Crippen LogP contribution is -2.61. The first-order valence-electron chi connectivity index (χ1n) is 23.2. The van der Waals surface area contributed by atoms with Crippen LogP contribution in [0.5, 0.6) is 0 Å². The van der Waals surface area contributed by atoms with Gasteiger partial charge in [0.25, 0.3) is 6.71 Å². The molecule has 4 heterocycles. The summed E-state index contributed by atoms with van der Waals surface area (Å²) in [5, 5.41) is 0. The van der Waals surface area contributed by atoms with Crippen LogP contribution in [-0.2, 0) is 0 Å². The standard InChI is InChI=1S/C57H48BN5/c1-57(2)62(42-27-14-6-15-28-42)54-36-47-53(38-55(54)63(57)43-29-16-7-17-30-43)61(41-25-12-5-13-26-41)50-34-20-33-49-56(50)58(47)46-35-45-44-31-18-19-32-48(44)59(39-21-8-3-9-22-39)51(45)37-52(46)60(49)40-23-10-4-11-24-40/h3-17,20-30,33-38,44,48H,18-19,31-32H2,1-2H3/i20D. The summed E-state index contributed by atoms with van der Waals surface area (Å²) in [6, 6.07) is 69.7. The molecule has 0 radical (unpaired) electrons. The number of rotatable bonds is 5. The van der Waals surface area contributed by atoms with Gasteiger partial charge in [0.15, 0.2) is 0 Å². The quantitative estimate of drug-likeness (QED) is 0.160. The summed E-state index contributed by atoms with van der Waals surface area (Å²) < 4.78 is 9.58. The van der Waals surface area contributed by atoms with E-state index >= 15 is 0 Å². The number of hydrogen-bond acceptors (Lipinski definition) is 5. The maximum Gasteiger partial charge on any atom is 0.252 e. The molecular weight excluding hydrogens is 765 g/mol. The molecule has 0 N–H and O–H groups in total. The first-order valence-corrected chi connectivity index (χ1v) is 22.7. The van der Waals surface area contributed by atoms with Crippen molar-refractivity contribution in [1.82, 2.24) is 0 Å². The Balaban J connectivity index is 1.14. The normalized spacial score (nSPS) is 18.9. The van der Waals surface area contributed by atoms with Gasteiger partial charge in [-0.15, -0.1) is 0 Å². The van der Waals surface area contributed by atoms with Crippen LogP contribution in [0.1, 0.15) is 52.4 Å². The highest BCUT2D eigenvalue weighted by Crippen LogP contribution is 2.57. The van der Waals surface area contributed by atoms with Crippen LogP contribution in [0.2, 0.25) is 0 Å². The third-order valence-corrected chi connectivity index (χ3v) is 14.6. The minimum Gasteiger partial charge on any atom is -0.337 e. The monoisotopic (exact) mass is 814 g/mol. The third kappa shape index (κ3) is 5.30. The van der Waals surface area contributed by atoms with Gasteiger partial charge in [-0.25, -0.2) is 0 Å². The fraction of sp³-hybridized carbons (Fsp3) is 0.158. The number of para-hydroxylation sites is 5. The van der Waals surface area contributed by atoms with Gasteiger partial charge in [0.2, 0.25) is 0 Å². The van der Waals surface area contributed by atoms with Crippen molar-refractivity contribution in [2.24, 2.45) is 0 Å². The summed E-state index contributed by atoms with van der Waals surface area (Å²) in [7, 11) is 0. The zero-order chi connectivity index (χ0) is 42.7. The number of hydrogen-bond donors (Lipinski definition) is 0. The Bertz CT molecular complexity index is 3090. The van der Waals surface area contributed by atoms with Crippen molar-refractivity contribution in [3.8, 4) is 0 Å². The Morgan fingerprint density at radius 2 is 0.905 bits per heavy atom. The van der Waals surface area contributed by atoms with E-state index in [4.69, 9.17) is 0 Å². The maximum absolute atomic E-state index is 9.58. The van der Waals surface area contributed by atoms with Crippen molar-refractivity contribution in [2.75, 3.05) is 24.5 Å². The SMILES string of the molecule is [2H]c1cc2c3c(c1)N(c1ccccc1)c1cc4c(cc1B3c1cc3c(cc1N2c1ccccc1)N(c1ccccc1)C1CCCCC31)N(c1ccccc1)C(C)(C)N4c1ccccc1. The minimum absolute atomic E-state index is 0.0922. The molecule has 0 bridgehead atoms. The fourth-order valence-electron chi connectivity index (χ4n) is 12.1. The van der Waals surface area contributed by atoms with Crippen LogP contribution in [0, 0.1) is 0 Å². The zero-order valence-corrected chi connectivity index (χ0v) is 35.7. The smallest absolute Gasteiger partial charge is 0.252 e. The van der Waals surface area contributed by atoms with E-state index in [2.05, 4.69) is 226 Å². The lowest BCUT2D eigenvalue weighted by Gasteiger charge is -2.44. The van der Waals surface area contributed by atoms with Gasteiger partial charge in [-0.2, -0.15) is 0 Å². The average molecular weight is 815 g/mol. The lowest BCUT2D eigenvalue weighted by molar-refractivity contribution is 0.402. The van der Waals surface area contributed by atoms with Crippen LogP contribution in [0.25, 0.3) is 0 Å². The highest BCUT2D eigenvalue weighted by atomic mass is 15.5. The maximum atomic E-state index is 9.58. The molecular formula is C57H48BN5. The second-order valence-electron chi connectivity index (χ2n) is 18.3. The molecule has 6 heteroatoms. The molecule has 13 rings (SSSR count). The van der Waals surface area contributed by atoms with E-state index in [-0.39, 0.29) is 6.71 Å². The van der Waals surface area contributed by atoms with Crippen molar-refractivity contribution in [1.29, 1.82) is 0 Å². The van der Waals surface area contributed by atoms with Gasteiger partial charge >= 0.3 is 0 Å². The molecule has 8 aromatic rings. The van der Waals surface area contributed by atoms with Gasteiger partial charge in [0, 0.05) is 68.8 Å². The molecule has 63 heavy (non-hydrogen) atoms. The van der Waals surface area contributed by atoms with E-state index in [1.807, 2.05) is 0 Å². The van der Waals surface area contributed by atoms with Crippen LogP contribution < -0.4 is 40.9 Å². The second-order valence-corrected chi connectivity index (χ2v) is 18.3. The number of anilines is 12. The predicted molar refractivity (Wildman–Crippen MR) is 265 cm³/mol. The van der Waals surface area contributed by atoms with E-state index in [0.717, 1.165) is 45.5 Å². The molecule has 4 aliphatic heterocycles. The molecule has 5 aliphatic rings. The molecule has 1 saturated carbocycles. The van der Waals surface area contributed by atoms with Gasteiger partial charge < -0.3 is 24.5 Å². The average Bonchev–Trinajstić information content (AvgIpc) is 3.77. The summed E-state index contributed by atoms with van der Waals surface area (Å²) in [5.74, 6) is 0.452. The van der Waals surface area contributed by atoms with Gasteiger partial charge in [-0.05, 0) is 140 Å². The molecule has 2 unspecified atom stereocenters. The molecule has 1 aliphatic carbocycles. The topological polar surface area (TPSA) is 16.2 Å². The van der Waals surface area contributed by atoms with E-state index in [9.17, 15) is 1.37 Å². The van der Waals surface area contributed by atoms with Gasteiger partial charge in [0.05, 0.1) is 12.7 Å². The van der Waals surface area contributed by atoms with Gasteiger partial charge in [-0.3, -0.25) is 0 Å². The largest absolute Gasteiger partial charge is 0.337 e. The van der Waals surface area contributed by atoms with E-state index in [1.165, 1.54) is 70.4 Å². The number of fused-ring (bicyclic) bond motifs is 8. The van der Waals surface area contributed by atoms with Crippen molar-refractivity contribution in [2.45, 2.75) is 57.2 Å². The molecule has 2 atom stereocenters. The van der Waals surface area contributed by atoms with E-state index in [0.29, 0.717) is 18.0 Å². The fourth-order valence-corrected chi connectivity index (χ4v) is 12.1. The highest BCUT2D eigenvalue weighted by Gasteiger charge is 2.50. The Kier molecular flexibility index (Phi) is 7.83. The van der Waals surface area contributed by atoms with Gasteiger partial charge in [0.1, 0.15) is 5.66 Å². The molecule has 8 aromatic carbocycles. The molecule has 5 nitrogen and oxygen atoms in total.